The Morgan fingerprint density at radius 1 is 1.03 bits per heavy atom. The van der Waals surface area contributed by atoms with Gasteiger partial charge in [0.15, 0.2) is 12.1 Å². The van der Waals surface area contributed by atoms with Crippen LogP contribution in [-0.2, 0) is 25.7 Å². The molecule has 4 rings (SSSR count). The van der Waals surface area contributed by atoms with E-state index in [1.165, 1.54) is 13.2 Å². The third-order valence-corrected chi connectivity index (χ3v) is 7.81. The lowest BCUT2D eigenvalue weighted by Gasteiger charge is -2.43. The van der Waals surface area contributed by atoms with Gasteiger partial charge >= 0.3 is 11.9 Å². The van der Waals surface area contributed by atoms with Gasteiger partial charge in [-0.25, -0.2) is 9.59 Å². The topological polar surface area (TPSA) is 81.7 Å². The van der Waals surface area contributed by atoms with Gasteiger partial charge in [-0.2, -0.15) is 0 Å². The molecule has 2 aromatic carbocycles. The number of benzene rings is 2. The van der Waals surface area contributed by atoms with E-state index in [9.17, 15) is 14.4 Å². The number of aryl methyl sites for hydroxylation is 1. The van der Waals surface area contributed by atoms with Gasteiger partial charge in [0, 0.05) is 17.9 Å². The lowest BCUT2D eigenvalue weighted by atomic mass is 10.0. The van der Waals surface area contributed by atoms with Crippen molar-refractivity contribution in [2.45, 2.75) is 57.6 Å². The number of esters is 2. The summed E-state index contributed by atoms with van der Waals surface area (Å²) in [6.07, 6.45) is 5.44. The number of carbonyl (C=O) groups excluding carboxylic acids is 3. The summed E-state index contributed by atoms with van der Waals surface area (Å²) >= 11 is 6.18. The Kier molecular flexibility index (Phi) is 8.00. The zero-order chi connectivity index (χ0) is 25.8. The number of hydrogen-bond donors (Lipinski definition) is 1. The molecule has 0 radical (unpaired) electrons. The number of rotatable bonds is 8. The Labute approximate surface area is 217 Å². The van der Waals surface area contributed by atoms with Crippen molar-refractivity contribution in [2.24, 2.45) is 0 Å². The lowest BCUT2D eigenvalue weighted by molar-refractivity contribution is -0.945. The van der Waals surface area contributed by atoms with Crippen LogP contribution in [0.15, 0.2) is 42.5 Å². The molecule has 2 aromatic rings. The molecule has 0 unspecified atom stereocenters. The molecule has 0 atom stereocenters. The number of carbonyl (C=O) groups is 3. The molecule has 0 spiro atoms. The molecule has 0 bridgehead atoms. The highest BCUT2D eigenvalue weighted by atomic mass is 35.5. The molecule has 36 heavy (non-hydrogen) atoms. The summed E-state index contributed by atoms with van der Waals surface area (Å²) in [7, 11) is 1.30. The third-order valence-electron chi connectivity index (χ3n) is 7.60. The van der Waals surface area contributed by atoms with Gasteiger partial charge in [-0.3, -0.25) is 4.79 Å². The number of amides is 1. The number of ether oxygens (including phenoxy) is 2. The summed E-state index contributed by atoms with van der Waals surface area (Å²) in [6.45, 7) is 3.66. The molecule has 1 saturated carbocycles. The molecule has 1 amide bonds. The van der Waals surface area contributed by atoms with E-state index in [4.69, 9.17) is 21.1 Å². The molecule has 1 saturated heterocycles. The number of nitrogens with zero attached hydrogens (tertiary/aromatic N) is 1. The summed E-state index contributed by atoms with van der Waals surface area (Å²) in [5.74, 6) is -1.03. The van der Waals surface area contributed by atoms with Crippen molar-refractivity contribution in [2.75, 3.05) is 32.1 Å². The van der Waals surface area contributed by atoms with Crippen molar-refractivity contribution in [3.63, 3.8) is 0 Å². The molecule has 1 aliphatic heterocycles. The van der Waals surface area contributed by atoms with Crippen LogP contribution in [0, 0.1) is 6.92 Å². The minimum absolute atomic E-state index is 0.156. The van der Waals surface area contributed by atoms with E-state index in [0.29, 0.717) is 33.6 Å². The van der Waals surface area contributed by atoms with Crippen molar-refractivity contribution in [3.05, 3.63) is 64.2 Å². The van der Waals surface area contributed by atoms with Gasteiger partial charge in [0.1, 0.15) is 6.61 Å². The molecule has 0 aromatic heterocycles. The van der Waals surface area contributed by atoms with Crippen LogP contribution in [0.3, 0.4) is 0 Å². The van der Waals surface area contributed by atoms with Crippen LogP contribution in [0.5, 0.6) is 0 Å². The van der Waals surface area contributed by atoms with Crippen LogP contribution in [0.1, 0.15) is 60.0 Å². The number of nitrogens with one attached hydrogen (secondary N) is 1. The van der Waals surface area contributed by atoms with Crippen LogP contribution in [0.2, 0.25) is 5.02 Å². The first-order valence-electron chi connectivity index (χ1n) is 12.6. The van der Waals surface area contributed by atoms with Crippen molar-refractivity contribution >= 4 is 35.1 Å². The maximum absolute atomic E-state index is 13.9. The highest BCUT2D eigenvalue weighted by molar-refractivity contribution is 6.31. The molecule has 7 nitrogen and oxygen atoms in total. The third kappa shape index (κ3) is 5.42. The summed E-state index contributed by atoms with van der Waals surface area (Å²) < 4.78 is 11.0. The second-order valence-electron chi connectivity index (χ2n) is 9.93. The number of halogens is 1. The average Bonchev–Trinajstić information content (AvgIpc) is 3.70. The predicted octanol–water partition coefficient (Wildman–Crippen LogP) is 5.04. The first-order chi connectivity index (χ1) is 17.3. The van der Waals surface area contributed by atoms with E-state index in [1.807, 2.05) is 30.3 Å². The SMILES string of the molecule is COC(=O)c1cc(Cl)cc(C)c1NC(=O)C1([N+]2(CC(=O)OCc3ccccc3)CCCCCC2)CC1. The minimum Gasteiger partial charge on any atom is -0.465 e. The number of methoxy groups -OCH3 is 1. The average molecular weight is 514 g/mol. The van der Waals surface area contributed by atoms with E-state index in [-0.39, 0.29) is 30.6 Å². The van der Waals surface area contributed by atoms with E-state index in [1.54, 1.807) is 13.0 Å². The zero-order valence-corrected chi connectivity index (χ0v) is 21.7. The Bertz CT molecular complexity index is 1120. The van der Waals surface area contributed by atoms with Gasteiger partial charge in [-0.15, -0.1) is 0 Å². The van der Waals surface area contributed by atoms with E-state index < -0.39 is 11.5 Å². The van der Waals surface area contributed by atoms with Crippen LogP contribution in [0.25, 0.3) is 0 Å². The first-order valence-corrected chi connectivity index (χ1v) is 12.9. The second kappa shape index (κ2) is 11.0. The summed E-state index contributed by atoms with van der Waals surface area (Å²) in [5.41, 5.74) is 1.51. The largest absolute Gasteiger partial charge is 0.465 e. The number of anilines is 1. The van der Waals surface area contributed by atoms with Gasteiger partial charge in [0.05, 0.1) is 31.5 Å². The summed E-state index contributed by atoms with van der Waals surface area (Å²) in [5, 5.41) is 3.42. The molecule has 8 heteroatoms. The Balaban J connectivity index is 1.58. The van der Waals surface area contributed by atoms with E-state index in [2.05, 4.69) is 5.32 Å². The van der Waals surface area contributed by atoms with Gasteiger partial charge in [0.2, 0.25) is 0 Å². The highest BCUT2D eigenvalue weighted by Crippen LogP contribution is 2.49. The quantitative estimate of drug-likeness (QED) is 0.395. The van der Waals surface area contributed by atoms with Crippen molar-refractivity contribution in [1.29, 1.82) is 0 Å². The highest BCUT2D eigenvalue weighted by Gasteiger charge is 2.66. The van der Waals surface area contributed by atoms with Gasteiger partial charge in [-0.1, -0.05) is 41.9 Å². The van der Waals surface area contributed by atoms with Gasteiger partial charge in [0.25, 0.3) is 5.91 Å². The molecular formula is C28H34ClN2O5+. The molecule has 1 aliphatic carbocycles. The smallest absolute Gasteiger partial charge is 0.362 e. The predicted molar refractivity (Wildman–Crippen MR) is 138 cm³/mol. The Morgan fingerprint density at radius 3 is 2.31 bits per heavy atom. The summed E-state index contributed by atoms with van der Waals surface area (Å²) in [4.78, 5) is 39.4. The fourth-order valence-corrected chi connectivity index (χ4v) is 5.78. The maximum atomic E-state index is 13.9. The van der Waals surface area contributed by atoms with E-state index in [0.717, 1.165) is 44.3 Å². The molecule has 192 valence electrons. The monoisotopic (exact) mass is 513 g/mol. The Morgan fingerprint density at radius 2 is 1.69 bits per heavy atom. The number of quaternary nitrogens is 1. The molecule has 2 aliphatic rings. The molecular weight excluding hydrogens is 480 g/mol. The maximum Gasteiger partial charge on any atom is 0.362 e. The van der Waals surface area contributed by atoms with E-state index >= 15 is 0 Å². The van der Waals surface area contributed by atoms with Crippen LogP contribution in [-0.4, -0.2) is 54.6 Å². The Hall–Kier alpha value is -2.90. The summed E-state index contributed by atoms with van der Waals surface area (Å²) in [6, 6.07) is 12.8. The zero-order valence-electron chi connectivity index (χ0n) is 21.0. The molecule has 2 fully saturated rings. The standard InChI is InChI=1S/C28H33ClN2O5/c1-20-16-22(29)17-23(26(33)35-2)25(20)30-27(34)28(12-13-28)31(14-8-3-4-9-15-31)18-24(32)36-19-21-10-6-5-7-11-21/h5-7,10-11,16-17H,3-4,8-9,12-15,18-19H2,1-2H3/p+1. The number of hydrogen-bond acceptors (Lipinski definition) is 5. The van der Waals surface area contributed by atoms with Crippen molar-refractivity contribution < 1.29 is 28.3 Å². The van der Waals surface area contributed by atoms with Gasteiger partial charge < -0.3 is 19.3 Å². The fourth-order valence-electron chi connectivity index (χ4n) is 5.51. The first kappa shape index (κ1) is 26.2. The minimum atomic E-state index is -0.727. The fraction of sp³-hybridized carbons (Fsp3) is 0.464. The lowest BCUT2D eigenvalue weighted by Crippen LogP contribution is -2.64. The van der Waals surface area contributed by atoms with Crippen LogP contribution < -0.4 is 5.32 Å². The number of likely N-dealkylation sites (tertiary alicyclic amines) is 1. The van der Waals surface area contributed by atoms with Crippen LogP contribution >= 0.6 is 11.6 Å². The second-order valence-corrected chi connectivity index (χ2v) is 10.4. The van der Waals surface area contributed by atoms with Crippen LogP contribution in [0.4, 0.5) is 5.69 Å². The van der Waals surface area contributed by atoms with Gasteiger partial charge in [-0.05, 0) is 55.9 Å². The normalized spacial score (nSPS) is 18.0. The molecule has 1 N–H and O–H groups in total. The molecule has 1 heterocycles. The van der Waals surface area contributed by atoms with Crippen molar-refractivity contribution in [3.8, 4) is 0 Å². The van der Waals surface area contributed by atoms with Crippen molar-refractivity contribution in [1.82, 2.24) is 0 Å².